The molecule has 0 saturated carbocycles. The van der Waals surface area contributed by atoms with Crippen molar-refractivity contribution in [2.75, 3.05) is 11.1 Å². The Balaban J connectivity index is 1.84. The first kappa shape index (κ1) is 13.4. The van der Waals surface area contributed by atoms with Gasteiger partial charge >= 0.3 is 0 Å². The average Bonchev–Trinajstić information content (AvgIpc) is 2.85. The van der Waals surface area contributed by atoms with E-state index in [1.165, 1.54) is 11.3 Å². The smallest absolute Gasteiger partial charge is 0.230 e. The maximum absolute atomic E-state index is 12.1. The molecule has 0 bridgehead atoms. The van der Waals surface area contributed by atoms with Gasteiger partial charge in [-0.15, -0.1) is 11.3 Å². The van der Waals surface area contributed by atoms with Gasteiger partial charge in [-0.1, -0.05) is 24.3 Å². The molecule has 0 fully saturated rings. The van der Waals surface area contributed by atoms with Crippen molar-refractivity contribution >= 4 is 38.8 Å². The van der Waals surface area contributed by atoms with E-state index < -0.39 is 0 Å². The molecule has 0 aliphatic heterocycles. The van der Waals surface area contributed by atoms with Crippen molar-refractivity contribution in [3.8, 4) is 5.75 Å². The summed E-state index contributed by atoms with van der Waals surface area (Å²) in [4.78, 5) is 16.1. The van der Waals surface area contributed by atoms with Crippen molar-refractivity contribution in [2.24, 2.45) is 0 Å². The van der Waals surface area contributed by atoms with Crippen LogP contribution in [0.2, 0.25) is 0 Å². The Morgan fingerprint density at radius 3 is 2.76 bits per heavy atom. The summed E-state index contributed by atoms with van der Waals surface area (Å²) in [5.41, 5.74) is 6.86. The number of phenols is 1. The summed E-state index contributed by atoms with van der Waals surface area (Å²) in [6.45, 7) is 0. The van der Waals surface area contributed by atoms with E-state index in [2.05, 4.69) is 10.3 Å². The van der Waals surface area contributed by atoms with Crippen molar-refractivity contribution in [3.05, 3.63) is 47.5 Å². The maximum Gasteiger partial charge on any atom is 0.230 e. The molecule has 0 atom stereocenters. The molecule has 4 N–H and O–H groups in total. The fraction of sp³-hybridized carbons (Fsp3) is 0.0667. The largest absolute Gasteiger partial charge is 0.507 e. The third kappa shape index (κ3) is 2.80. The second-order valence-corrected chi connectivity index (χ2v) is 5.47. The van der Waals surface area contributed by atoms with Gasteiger partial charge in [-0.3, -0.25) is 4.79 Å². The number of hydrogen-bond acceptors (Lipinski definition) is 5. The number of carbonyl (C=O) groups is 1. The minimum absolute atomic E-state index is 0.170. The summed E-state index contributed by atoms with van der Waals surface area (Å²) >= 11 is 1.31. The average molecular weight is 299 g/mol. The van der Waals surface area contributed by atoms with Crippen LogP contribution in [0.3, 0.4) is 0 Å². The van der Waals surface area contributed by atoms with Gasteiger partial charge in [-0.25, -0.2) is 4.98 Å². The zero-order chi connectivity index (χ0) is 14.8. The standard InChI is InChI=1S/C15H13N3O2S/c16-15-17-9(8-21-15)7-14(20)18-12-5-1-4-11-10(12)3-2-6-13(11)19/h1-6,8,19H,7H2,(H2,16,17)(H,18,20). The highest BCUT2D eigenvalue weighted by molar-refractivity contribution is 7.13. The molecule has 2 aromatic carbocycles. The van der Waals surface area contributed by atoms with Crippen molar-refractivity contribution < 1.29 is 9.90 Å². The first-order valence-electron chi connectivity index (χ1n) is 6.34. The molecule has 3 aromatic rings. The second kappa shape index (κ2) is 5.41. The molecule has 1 amide bonds. The highest BCUT2D eigenvalue weighted by Crippen LogP contribution is 2.29. The van der Waals surface area contributed by atoms with Crippen LogP contribution in [0.4, 0.5) is 10.8 Å². The fourth-order valence-corrected chi connectivity index (χ4v) is 2.73. The number of thiazole rings is 1. The predicted octanol–water partition coefficient (Wildman–Crippen LogP) is 2.77. The Morgan fingerprint density at radius 2 is 2.00 bits per heavy atom. The number of aromatic hydroxyl groups is 1. The van der Waals surface area contributed by atoms with E-state index in [0.29, 0.717) is 21.9 Å². The number of anilines is 2. The van der Waals surface area contributed by atoms with Crippen LogP contribution in [0.15, 0.2) is 41.8 Å². The summed E-state index contributed by atoms with van der Waals surface area (Å²) in [5.74, 6) is 0.0204. The van der Waals surface area contributed by atoms with E-state index in [4.69, 9.17) is 5.73 Å². The molecule has 0 saturated heterocycles. The molecule has 3 rings (SSSR count). The highest BCUT2D eigenvalue weighted by Gasteiger charge is 2.10. The van der Waals surface area contributed by atoms with E-state index in [-0.39, 0.29) is 18.1 Å². The monoisotopic (exact) mass is 299 g/mol. The van der Waals surface area contributed by atoms with Gasteiger partial charge in [0.2, 0.25) is 5.91 Å². The minimum atomic E-state index is -0.170. The number of rotatable bonds is 3. The summed E-state index contributed by atoms with van der Waals surface area (Å²) in [6, 6.07) is 10.6. The third-order valence-corrected chi connectivity index (χ3v) is 3.81. The van der Waals surface area contributed by atoms with E-state index in [0.717, 1.165) is 5.39 Å². The number of carbonyl (C=O) groups excluding carboxylic acids is 1. The summed E-state index contributed by atoms with van der Waals surface area (Å²) in [5, 5.41) is 16.4. The number of fused-ring (bicyclic) bond motifs is 1. The van der Waals surface area contributed by atoms with E-state index >= 15 is 0 Å². The molecule has 0 radical (unpaired) electrons. The van der Waals surface area contributed by atoms with Gasteiger partial charge in [0.15, 0.2) is 5.13 Å². The molecular formula is C15H13N3O2S. The molecule has 0 aliphatic rings. The van der Waals surface area contributed by atoms with E-state index in [1.54, 1.807) is 35.7 Å². The molecule has 21 heavy (non-hydrogen) atoms. The number of nitrogens with zero attached hydrogens (tertiary/aromatic N) is 1. The lowest BCUT2D eigenvalue weighted by molar-refractivity contribution is -0.115. The van der Waals surface area contributed by atoms with Crippen molar-refractivity contribution in [2.45, 2.75) is 6.42 Å². The van der Waals surface area contributed by atoms with Gasteiger partial charge in [-0.2, -0.15) is 0 Å². The van der Waals surface area contributed by atoms with E-state index in [1.807, 2.05) is 6.07 Å². The molecular weight excluding hydrogens is 286 g/mol. The van der Waals surface area contributed by atoms with Crippen LogP contribution in [-0.4, -0.2) is 16.0 Å². The molecule has 1 heterocycles. The van der Waals surface area contributed by atoms with Gasteiger partial charge < -0.3 is 16.2 Å². The molecule has 0 spiro atoms. The first-order valence-corrected chi connectivity index (χ1v) is 7.22. The number of hydrogen-bond donors (Lipinski definition) is 3. The highest BCUT2D eigenvalue weighted by atomic mass is 32.1. The van der Waals surface area contributed by atoms with Gasteiger partial charge in [-0.05, 0) is 12.1 Å². The first-order chi connectivity index (χ1) is 10.1. The van der Waals surface area contributed by atoms with Gasteiger partial charge in [0.1, 0.15) is 5.75 Å². The summed E-state index contributed by atoms with van der Waals surface area (Å²) < 4.78 is 0. The molecule has 0 aliphatic carbocycles. The van der Waals surface area contributed by atoms with Crippen molar-refractivity contribution in [3.63, 3.8) is 0 Å². The normalized spacial score (nSPS) is 10.7. The lowest BCUT2D eigenvalue weighted by Gasteiger charge is -2.09. The minimum Gasteiger partial charge on any atom is -0.507 e. The second-order valence-electron chi connectivity index (χ2n) is 4.58. The maximum atomic E-state index is 12.1. The number of nitrogen functional groups attached to an aromatic ring is 1. The molecule has 5 nitrogen and oxygen atoms in total. The van der Waals surface area contributed by atoms with Crippen molar-refractivity contribution in [1.29, 1.82) is 0 Å². The lowest BCUT2D eigenvalue weighted by Crippen LogP contribution is -2.14. The summed E-state index contributed by atoms with van der Waals surface area (Å²) in [7, 11) is 0. The third-order valence-electron chi connectivity index (χ3n) is 3.08. The predicted molar refractivity (Wildman–Crippen MR) is 84.5 cm³/mol. The van der Waals surface area contributed by atoms with Gasteiger partial charge in [0, 0.05) is 21.8 Å². The van der Waals surface area contributed by atoms with Crippen LogP contribution in [0, 0.1) is 0 Å². The quantitative estimate of drug-likeness (QED) is 0.694. The Labute approximate surface area is 125 Å². The Morgan fingerprint density at radius 1 is 1.24 bits per heavy atom. The number of aromatic nitrogens is 1. The van der Waals surface area contributed by atoms with Gasteiger partial charge in [0.05, 0.1) is 12.1 Å². The Kier molecular flexibility index (Phi) is 3.45. The van der Waals surface area contributed by atoms with Crippen LogP contribution in [0.25, 0.3) is 10.8 Å². The fourth-order valence-electron chi connectivity index (χ4n) is 2.17. The zero-order valence-corrected chi connectivity index (χ0v) is 11.9. The Bertz CT molecular complexity index is 814. The van der Waals surface area contributed by atoms with Crippen molar-refractivity contribution in [1.82, 2.24) is 4.98 Å². The van der Waals surface area contributed by atoms with E-state index in [9.17, 15) is 9.90 Å². The number of amides is 1. The topological polar surface area (TPSA) is 88.2 Å². The van der Waals surface area contributed by atoms with Crippen LogP contribution >= 0.6 is 11.3 Å². The number of benzene rings is 2. The molecule has 6 heteroatoms. The number of nitrogens with two attached hydrogens (primary N) is 1. The van der Waals surface area contributed by atoms with Gasteiger partial charge in [0.25, 0.3) is 0 Å². The summed E-state index contributed by atoms with van der Waals surface area (Å²) in [6.07, 6.45) is 0.170. The van der Waals surface area contributed by atoms with Crippen LogP contribution in [-0.2, 0) is 11.2 Å². The Hall–Kier alpha value is -2.60. The van der Waals surface area contributed by atoms with Crippen LogP contribution in [0.5, 0.6) is 5.75 Å². The lowest BCUT2D eigenvalue weighted by atomic mass is 10.1. The number of nitrogens with one attached hydrogen (secondary N) is 1. The molecule has 1 aromatic heterocycles. The van der Waals surface area contributed by atoms with Crippen LogP contribution in [0.1, 0.15) is 5.69 Å². The zero-order valence-electron chi connectivity index (χ0n) is 11.0. The molecule has 106 valence electrons. The molecule has 0 unspecified atom stereocenters. The SMILES string of the molecule is Nc1nc(CC(=O)Nc2cccc3c(O)cccc23)cs1. The van der Waals surface area contributed by atoms with Crippen LogP contribution < -0.4 is 11.1 Å². The number of phenolic OH excluding ortho intramolecular Hbond substituents is 1.